The van der Waals surface area contributed by atoms with E-state index in [4.69, 9.17) is 0 Å². The van der Waals surface area contributed by atoms with Gasteiger partial charge in [0.05, 0.1) is 6.04 Å². The summed E-state index contributed by atoms with van der Waals surface area (Å²) in [6, 6.07) is 20.5. The van der Waals surface area contributed by atoms with Crippen molar-refractivity contribution in [3.05, 3.63) is 99.4 Å². The van der Waals surface area contributed by atoms with Gasteiger partial charge < -0.3 is 10.6 Å². The fourth-order valence-electron chi connectivity index (χ4n) is 2.67. The summed E-state index contributed by atoms with van der Waals surface area (Å²) in [6.07, 6.45) is 1.70. The second-order valence-corrected chi connectivity index (χ2v) is 7.48. The maximum Gasteiger partial charge on any atom is 0.268 e. The Morgan fingerprint density at radius 2 is 1.68 bits per heavy atom. The van der Waals surface area contributed by atoms with Crippen molar-refractivity contribution in [2.24, 2.45) is 0 Å². The van der Waals surface area contributed by atoms with Gasteiger partial charge in [0.25, 0.3) is 11.8 Å². The van der Waals surface area contributed by atoms with E-state index in [1.54, 1.807) is 30.3 Å². The van der Waals surface area contributed by atoms with Crippen LogP contribution in [0.25, 0.3) is 6.08 Å². The van der Waals surface area contributed by atoms with Crippen LogP contribution in [0.15, 0.2) is 77.8 Å². The molecular formula is C23H22N2O2S. The number of amides is 2. The van der Waals surface area contributed by atoms with E-state index in [0.717, 1.165) is 16.0 Å². The Morgan fingerprint density at radius 3 is 2.32 bits per heavy atom. The number of aryl methyl sites for hydroxylation is 1. The minimum Gasteiger partial charge on any atom is -0.344 e. The Kier molecular flexibility index (Phi) is 6.40. The summed E-state index contributed by atoms with van der Waals surface area (Å²) in [7, 11) is 0. The van der Waals surface area contributed by atoms with Crippen LogP contribution in [0.5, 0.6) is 0 Å². The van der Waals surface area contributed by atoms with Crippen LogP contribution < -0.4 is 10.6 Å². The summed E-state index contributed by atoms with van der Waals surface area (Å²) in [6.45, 7) is 3.94. The van der Waals surface area contributed by atoms with Gasteiger partial charge in [0.1, 0.15) is 5.70 Å². The van der Waals surface area contributed by atoms with Gasteiger partial charge in [-0.3, -0.25) is 9.59 Å². The molecule has 0 aliphatic heterocycles. The first kappa shape index (κ1) is 19.6. The number of nitrogens with one attached hydrogen (secondary N) is 2. The zero-order chi connectivity index (χ0) is 19.9. The lowest BCUT2D eigenvalue weighted by Gasteiger charge is -2.17. The fourth-order valence-corrected chi connectivity index (χ4v) is 3.33. The molecule has 1 heterocycles. The van der Waals surface area contributed by atoms with Crippen molar-refractivity contribution in [2.75, 3.05) is 0 Å². The van der Waals surface area contributed by atoms with Gasteiger partial charge >= 0.3 is 0 Å². The third-order valence-electron chi connectivity index (χ3n) is 4.28. The largest absolute Gasteiger partial charge is 0.344 e. The molecule has 0 spiro atoms. The number of hydrogen-bond donors (Lipinski definition) is 2. The third-order valence-corrected chi connectivity index (χ3v) is 5.10. The maximum absolute atomic E-state index is 12.9. The van der Waals surface area contributed by atoms with E-state index in [1.807, 2.05) is 61.7 Å². The molecule has 1 atom stereocenters. The standard InChI is InChI=1S/C23H22N2O2S/c1-16-10-12-18(13-11-16)17(2)24-23(27)21(15-20-9-6-14-28-20)25-22(26)19-7-4-3-5-8-19/h3-15,17H,1-2H3,(H,24,27)(H,25,26)/b21-15-. The highest BCUT2D eigenvalue weighted by atomic mass is 32.1. The number of rotatable bonds is 6. The molecule has 0 aliphatic carbocycles. The molecule has 0 fully saturated rings. The van der Waals surface area contributed by atoms with Crippen LogP contribution in [0.4, 0.5) is 0 Å². The Bertz CT molecular complexity index is 962. The molecule has 3 aromatic rings. The van der Waals surface area contributed by atoms with E-state index < -0.39 is 0 Å². The molecule has 4 nitrogen and oxygen atoms in total. The lowest BCUT2D eigenvalue weighted by Crippen LogP contribution is -2.36. The summed E-state index contributed by atoms with van der Waals surface area (Å²) >= 11 is 1.50. The number of carbonyl (C=O) groups excluding carboxylic acids is 2. The predicted octanol–water partition coefficient (Wildman–Crippen LogP) is 4.70. The van der Waals surface area contributed by atoms with Crippen LogP contribution in [0.3, 0.4) is 0 Å². The monoisotopic (exact) mass is 390 g/mol. The molecule has 0 saturated heterocycles. The first-order valence-corrected chi connectivity index (χ1v) is 9.90. The predicted molar refractivity (Wildman–Crippen MR) is 114 cm³/mol. The van der Waals surface area contributed by atoms with E-state index in [0.29, 0.717) is 5.56 Å². The highest BCUT2D eigenvalue weighted by Crippen LogP contribution is 2.16. The van der Waals surface area contributed by atoms with Gasteiger partial charge in [-0.05, 0) is 49.1 Å². The number of benzene rings is 2. The average molecular weight is 391 g/mol. The van der Waals surface area contributed by atoms with Crippen molar-refractivity contribution in [1.82, 2.24) is 10.6 Å². The van der Waals surface area contributed by atoms with Gasteiger partial charge in [0.15, 0.2) is 0 Å². The van der Waals surface area contributed by atoms with E-state index in [9.17, 15) is 9.59 Å². The van der Waals surface area contributed by atoms with Gasteiger partial charge in [0.2, 0.25) is 0 Å². The van der Waals surface area contributed by atoms with Crippen molar-refractivity contribution in [1.29, 1.82) is 0 Å². The van der Waals surface area contributed by atoms with Crippen LogP contribution in [-0.2, 0) is 4.79 Å². The second kappa shape index (κ2) is 9.15. The highest BCUT2D eigenvalue weighted by Gasteiger charge is 2.17. The van der Waals surface area contributed by atoms with Gasteiger partial charge in [-0.1, -0.05) is 54.1 Å². The van der Waals surface area contributed by atoms with Crippen molar-refractivity contribution < 1.29 is 9.59 Å². The summed E-state index contributed by atoms with van der Waals surface area (Å²) in [5.74, 6) is -0.646. The van der Waals surface area contributed by atoms with Crippen molar-refractivity contribution >= 4 is 29.2 Å². The van der Waals surface area contributed by atoms with Gasteiger partial charge in [0, 0.05) is 10.4 Å². The molecule has 0 saturated carbocycles. The van der Waals surface area contributed by atoms with E-state index in [1.165, 1.54) is 11.3 Å². The zero-order valence-electron chi connectivity index (χ0n) is 15.8. The Labute approximate surface area is 168 Å². The lowest BCUT2D eigenvalue weighted by atomic mass is 10.1. The number of hydrogen-bond acceptors (Lipinski definition) is 3. The Balaban J connectivity index is 1.79. The van der Waals surface area contributed by atoms with Gasteiger partial charge in [-0.25, -0.2) is 0 Å². The molecule has 5 heteroatoms. The summed E-state index contributed by atoms with van der Waals surface area (Å²) < 4.78 is 0. The maximum atomic E-state index is 12.9. The van der Waals surface area contributed by atoms with Crippen LogP contribution in [0.2, 0.25) is 0 Å². The first-order chi connectivity index (χ1) is 13.5. The second-order valence-electron chi connectivity index (χ2n) is 6.50. The van der Waals surface area contributed by atoms with E-state index >= 15 is 0 Å². The fraction of sp³-hybridized carbons (Fsp3) is 0.130. The smallest absolute Gasteiger partial charge is 0.268 e. The van der Waals surface area contributed by atoms with Crippen LogP contribution in [0, 0.1) is 6.92 Å². The highest BCUT2D eigenvalue weighted by molar-refractivity contribution is 7.10. The van der Waals surface area contributed by atoms with Gasteiger partial charge in [-0.2, -0.15) is 0 Å². The molecule has 2 N–H and O–H groups in total. The Morgan fingerprint density at radius 1 is 0.964 bits per heavy atom. The lowest BCUT2D eigenvalue weighted by molar-refractivity contribution is -0.118. The molecule has 0 aliphatic rings. The van der Waals surface area contributed by atoms with Crippen molar-refractivity contribution in [3.63, 3.8) is 0 Å². The quantitative estimate of drug-likeness (QED) is 0.599. The minimum absolute atomic E-state index is 0.187. The molecule has 28 heavy (non-hydrogen) atoms. The molecule has 2 amide bonds. The van der Waals surface area contributed by atoms with Crippen LogP contribution in [-0.4, -0.2) is 11.8 Å². The van der Waals surface area contributed by atoms with Crippen LogP contribution >= 0.6 is 11.3 Å². The molecular weight excluding hydrogens is 368 g/mol. The van der Waals surface area contributed by atoms with Crippen molar-refractivity contribution in [3.8, 4) is 0 Å². The zero-order valence-corrected chi connectivity index (χ0v) is 16.6. The first-order valence-electron chi connectivity index (χ1n) is 9.02. The molecule has 3 rings (SSSR count). The van der Waals surface area contributed by atoms with Gasteiger partial charge in [-0.15, -0.1) is 11.3 Å². The van der Waals surface area contributed by atoms with Crippen molar-refractivity contribution in [2.45, 2.75) is 19.9 Å². The third kappa shape index (κ3) is 5.18. The van der Waals surface area contributed by atoms with Crippen LogP contribution in [0.1, 0.15) is 39.3 Å². The molecule has 1 aromatic heterocycles. The molecule has 0 radical (unpaired) electrons. The molecule has 142 valence electrons. The van der Waals surface area contributed by atoms with E-state index in [-0.39, 0.29) is 23.6 Å². The normalized spacial score (nSPS) is 12.3. The average Bonchev–Trinajstić information content (AvgIpc) is 3.21. The number of thiophene rings is 1. The summed E-state index contributed by atoms with van der Waals surface area (Å²) in [5.41, 5.74) is 2.88. The minimum atomic E-state index is -0.328. The summed E-state index contributed by atoms with van der Waals surface area (Å²) in [5, 5.41) is 7.65. The molecule has 2 aromatic carbocycles. The SMILES string of the molecule is Cc1ccc(C(C)NC(=O)/C(=C/c2cccs2)NC(=O)c2ccccc2)cc1. The van der Waals surface area contributed by atoms with E-state index in [2.05, 4.69) is 10.6 Å². The topological polar surface area (TPSA) is 58.2 Å². The number of carbonyl (C=O) groups is 2. The molecule has 0 bridgehead atoms. The molecule has 1 unspecified atom stereocenters. The Hall–Kier alpha value is -3.18. The summed E-state index contributed by atoms with van der Waals surface area (Å²) in [4.78, 5) is 26.3.